The average molecular weight is 699 g/mol. The minimum atomic E-state index is -0.699. The zero-order valence-corrected chi connectivity index (χ0v) is 32.7. The number of nitrogens with two attached hydrogens (primary N) is 2. The standard InChI is InChI=1S/C42H74N4O4/c1-7-9-11-13-15-17-19-21-23-25-35(45-41(49)37(43)31(3)4)39(47)33-27-29-34(30-28-33)40(48)36(46-42(50)38(44)32(5)6)26-24-22-20-18-16-14-12-10-8-2/h27-32,35-38H,7-26,43-44H2,1-6H3,(H,45,49)(H,46,50)/t35?,36?,37-,38-/m0/s1. The van der Waals surface area contributed by atoms with Crippen molar-refractivity contribution < 1.29 is 19.2 Å². The highest BCUT2D eigenvalue weighted by atomic mass is 16.2. The van der Waals surface area contributed by atoms with E-state index in [-0.39, 0.29) is 35.2 Å². The molecule has 1 rings (SSSR count). The molecule has 4 atom stereocenters. The van der Waals surface area contributed by atoms with Crippen LogP contribution >= 0.6 is 0 Å². The number of carbonyl (C=O) groups is 4. The van der Waals surface area contributed by atoms with Crippen LogP contribution in [0.3, 0.4) is 0 Å². The summed E-state index contributed by atoms with van der Waals surface area (Å²) >= 11 is 0. The number of rotatable bonds is 30. The van der Waals surface area contributed by atoms with Gasteiger partial charge in [0.05, 0.1) is 24.2 Å². The van der Waals surface area contributed by atoms with Gasteiger partial charge in [0.25, 0.3) is 0 Å². The molecule has 8 heteroatoms. The molecular weight excluding hydrogens is 624 g/mol. The fraction of sp³-hybridized carbons (Fsp3) is 0.762. The quantitative estimate of drug-likeness (QED) is 0.0467. The summed E-state index contributed by atoms with van der Waals surface area (Å²) in [5.74, 6) is -1.12. The van der Waals surface area contributed by atoms with E-state index in [1.54, 1.807) is 24.3 Å². The summed E-state index contributed by atoms with van der Waals surface area (Å²) in [4.78, 5) is 53.3. The zero-order valence-electron chi connectivity index (χ0n) is 32.7. The van der Waals surface area contributed by atoms with Crippen molar-refractivity contribution in [3.8, 4) is 0 Å². The predicted molar refractivity (Wildman–Crippen MR) is 208 cm³/mol. The van der Waals surface area contributed by atoms with Gasteiger partial charge in [-0.3, -0.25) is 19.2 Å². The molecule has 2 unspecified atom stereocenters. The summed E-state index contributed by atoms with van der Waals surface area (Å²) in [7, 11) is 0. The lowest BCUT2D eigenvalue weighted by Gasteiger charge is -2.23. The highest BCUT2D eigenvalue weighted by molar-refractivity contribution is 6.05. The van der Waals surface area contributed by atoms with Gasteiger partial charge in [0.2, 0.25) is 11.8 Å². The van der Waals surface area contributed by atoms with Crippen molar-refractivity contribution in [2.24, 2.45) is 23.3 Å². The van der Waals surface area contributed by atoms with Crippen LogP contribution in [0, 0.1) is 11.8 Å². The van der Waals surface area contributed by atoms with E-state index in [0.29, 0.717) is 24.0 Å². The van der Waals surface area contributed by atoms with Crippen LogP contribution in [0.2, 0.25) is 0 Å². The lowest BCUT2D eigenvalue weighted by atomic mass is 9.93. The Morgan fingerprint density at radius 3 is 1.00 bits per heavy atom. The van der Waals surface area contributed by atoms with Gasteiger partial charge in [0.1, 0.15) is 0 Å². The van der Waals surface area contributed by atoms with Gasteiger partial charge in [-0.2, -0.15) is 0 Å². The van der Waals surface area contributed by atoms with Gasteiger partial charge >= 0.3 is 0 Å². The van der Waals surface area contributed by atoms with E-state index in [1.165, 1.54) is 77.0 Å². The molecule has 0 saturated carbocycles. The van der Waals surface area contributed by atoms with Crippen LogP contribution < -0.4 is 22.1 Å². The third-order valence-corrected chi connectivity index (χ3v) is 9.95. The number of Topliss-reactive ketones (excluding diaryl/α,β-unsaturated/α-hetero) is 2. The average Bonchev–Trinajstić information content (AvgIpc) is 3.10. The SMILES string of the molecule is CCCCCCCCCCCC(NC(=O)[C@@H](N)C(C)C)C(=O)c1ccc(C(=O)C(CCCCCCCCCCC)NC(=O)[C@@H](N)C(C)C)cc1. The molecular formula is C42H74N4O4. The van der Waals surface area contributed by atoms with Crippen molar-refractivity contribution >= 4 is 23.4 Å². The first-order chi connectivity index (χ1) is 23.9. The molecule has 0 spiro atoms. The summed E-state index contributed by atoms with van der Waals surface area (Å²) in [6.45, 7) is 12.0. The molecule has 1 aromatic carbocycles. The van der Waals surface area contributed by atoms with Crippen molar-refractivity contribution in [3.05, 3.63) is 35.4 Å². The molecule has 0 fully saturated rings. The molecule has 0 aliphatic carbocycles. The van der Waals surface area contributed by atoms with E-state index in [9.17, 15) is 19.2 Å². The third kappa shape index (κ3) is 18.6. The highest BCUT2D eigenvalue weighted by Crippen LogP contribution is 2.18. The third-order valence-electron chi connectivity index (χ3n) is 9.95. The van der Waals surface area contributed by atoms with Crippen LogP contribution in [-0.4, -0.2) is 47.5 Å². The molecule has 1 aromatic rings. The van der Waals surface area contributed by atoms with Crippen LogP contribution in [-0.2, 0) is 9.59 Å². The lowest BCUT2D eigenvalue weighted by molar-refractivity contribution is -0.124. The summed E-state index contributed by atoms with van der Waals surface area (Å²) in [6, 6.07) is 3.86. The monoisotopic (exact) mass is 699 g/mol. The van der Waals surface area contributed by atoms with Crippen LogP contribution in [0.1, 0.15) is 191 Å². The molecule has 286 valence electrons. The Labute approximate surface area is 305 Å². The molecule has 0 radical (unpaired) electrons. The summed E-state index contributed by atoms with van der Waals surface area (Å²) in [6.07, 6.45) is 22.0. The van der Waals surface area contributed by atoms with E-state index in [4.69, 9.17) is 11.5 Å². The Morgan fingerprint density at radius 2 is 0.740 bits per heavy atom. The van der Waals surface area contributed by atoms with Crippen LogP contribution in [0.5, 0.6) is 0 Å². The Bertz CT molecular complexity index is 1000. The molecule has 8 nitrogen and oxygen atoms in total. The van der Waals surface area contributed by atoms with Crippen molar-refractivity contribution in [3.63, 3.8) is 0 Å². The van der Waals surface area contributed by atoms with E-state index in [0.717, 1.165) is 38.5 Å². The minimum absolute atomic E-state index is 0.0529. The maximum absolute atomic E-state index is 13.7. The van der Waals surface area contributed by atoms with Gasteiger partial charge in [-0.15, -0.1) is 0 Å². The first kappa shape index (κ1) is 45.4. The second-order valence-corrected chi connectivity index (χ2v) is 15.2. The fourth-order valence-electron chi connectivity index (χ4n) is 6.20. The topological polar surface area (TPSA) is 144 Å². The van der Waals surface area contributed by atoms with E-state index < -0.39 is 24.2 Å². The molecule has 6 N–H and O–H groups in total. The normalized spacial score (nSPS) is 14.0. The number of amides is 2. The predicted octanol–water partition coefficient (Wildman–Crippen LogP) is 8.83. The summed E-state index contributed by atoms with van der Waals surface area (Å²) in [5, 5.41) is 5.86. The van der Waals surface area contributed by atoms with Crippen molar-refractivity contribution in [1.29, 1.82) is 0 Å². The zero-order chi connectivity index (χ0) is 37.3. The van der Waals surface area contributed by atoms with Crippen LogP contribution in [0.4, 0.5) is 0 Å². The first-order valence-corrected chi connectivity index (χ1v) is 20.2. The number of ketones is 2. The Balaban J connectivity index is 2.95. The number of unbranched alkanes of at least 4 members (excludes halogenated alkanes) is 16. The van der Waals surface area contributed by atoms with Crippen LogP contribution in [0.25, 0.3) is 0 Å². The van der Waals surface area contributed by atoms with Gasteiger partial charge < -0.3 is 22.1 Å². The van der Waals surface area contributed by atoms with Crippen molar-refractivity contribution in [1.82, 2.24) is 10.6 Å². The molecule has 0 aliphatic rings. The molecule has 50 heavy (non-hydrogen) atoms. The number of benzene rings is 1. The lowest BCUT2D eigenvalue weighted by Crippen LogP contribution is -2.50. The van der Waals surface area contributed by atoms with Gasteiger partial charge in [-0.25, -0.2) is 0 Å². The largest absolute Gasteiger partial charge is 0.345 e. The second-order valence-electron chi connectivity index (χ2n) is 15.2. The maximum Gasteiger partial charge on any atom is 0.237 e. The van der Waals surface area contributed by atoms with Gasteiger partial charge in [-0.05, 0) is 24.7 Å². The van der Waals surface area contributed by atoms with Crippen molar-refractivity contribution in [2.45, 2.75) is 194 Å². The van der Waals surface area contributed by atoms with Gasteiger partial charge in [0.15, 0.2) is 11.6 Å². The number of hydrogen-bond acceptors (Lipinski definition) is 6. The number of nitrogens with one attached hydrogen (secondary N) is 2. The second kappa shape index (κ2) is 27.1. The first-order valence-electron chi connectivity index (χ1n) is 20.2. The Morgan fingerprint density at radius 1 is 0.480 bits per heavy atom. The van der Waals surface area contributed by atoms with Gasteiger partial charge in [-0.1, -0.05) is 181 Å². The van der Waals surface area contributed by atoms with E-state index in [1.807, 2.05) is 27.7 Å². The molecule has 0 aromatic heterocycles. The summed E-state index contributed by atoms with van der Waals surface area (Å²) in [5.41, 5.74) is 13.1. The van der Waals surface area contributed by atoms with Crippen LogP contribution in [0.15, 0.2) is 24.3 Å². The smallest absolute Gasteiger partial charge is 0.237 e. The Hall–Kier alpha value is -2.58. The summed E-state index contributed by atoms with van der Waals surface area (Å²) < 4.78 is 0. The molecule has 2 amide bonds. The minimum Gasteiger partial charge on any atom is -0.345 e. The maximum atomic E-state index is 13.7. The van der Waals surface area contributed by atoms with E-state index in [2.05, 4.69) is 24.5 Å². The molecule has 0 bridgehead atoms. The fourth-order valence-corrected chi connectivity index (χ4v) is 6.20. The molecule has 0 heterocycles. The van der Waals surface area contributed by atoms with Gasteiger partial charge in [0, 0.05) is 11.1 Å². The highest BCUT2D eigenvalue weighted by Gasteiger charge is 2.28. The van der Waals surface area contributed by atoms with E-state index >= 15 is 0 Å². The van der Waals surface area contributed by atoms with Crippen molar-refractivity contribution in [2.75, 3.05) is 0 Å². The number of carbonyl (C=O) groups excluding carboxylic acids is 4. The molecule has 0 saturated heterocycles. The number of hydrogen-bond donors (Lipinski definition) is 4. The Kier molecular flexibility index (Phi) is 24.6. The molecule has 0 aliphatic heterocycles.